The smallest absolute Gasteiger partial charge is 0.427 e. The number of hydrogen-bond donors (Lipinski definition) is 1. The van der Waals surface area contributed by atoms with Crippen molar-refractivity contribution in [2.75, 3.05) is 6.54 Å². The van der Waals surface area contributed by atoms with Crippen LogP contribution in [0.25, 0.3) is 0 Å². The third-order valence-corrected chi connectivity index (χ3v) is 4.67. The Morgan fingerprint density at radius 2 is 1.53 bits per heavy atom. The Labute approximate surface area is 197 Å². The van der Waals surface area contributed by atoms with Gasteiger partial charge >= 0.3 is 12.1 Å². The number of amides is 1. The second-order valence-electron chi connectivity index (χ2n) is 7.41. The highest BCUT2D eigenvalue weighted by Gasteiger charge is 2.20. The molecule has 2 aromatic carbocycles. The number of unbranched alkanes of at least 4 members (excludes halogenated alkanes) is 1. The highest BCUT2D eigenvalue weighted by Crippen LogP contribution is 2.23. The van der Waals surface area contributed by atoms with Crippen molar-refractivity contribution in [3.8, 4) is 11.5 Å². The number of hydrogen-bond acceptors (Lipinski definition) is 8. The SMILES string of the molecule is CCCCC(=O)Oc1ccc(C(CNC(=O)CCC)OC(=O)Oc2ccc([N+](=O)[O-])cc2)cc1. The predicted octanol–water partition coefficient (Wildman–Crippen LogP) is 4.86. The minimum atomic E-state index is -1.04. The number of nitrogens with zero attached hydrogens (tertiary/aromatic N) is 1. The van der Waals surface area contributed by atoms with Gasteiger partial charge in [0, 0.05) is 25.0 Å². The molecule has 2 rings (SSSR count). The molecule has 0 aliphatic rings. The first-order chi connectivity index (χ1) is 16.3. The minimum absolute atomic E-state index is 0.00380. The predicted molar refractivity (Wildman–Crippen MR) is 122 cm³/mol. The lowest BCUT2D eigenvalue weighted by molar-refractivity contribution is -0.384. The molecule has 0 saturated carbocycles. The first kappa shape index (κ1) is 26.3. The Balaban J connectivity index is 2.07. The lowest BCUT2D eigenvalue weighted by Crippen LogP contribution is -2.30. The molecule has 0 aliphatic carbocycles. The molecule has 10 heteroatoms. The first-order valence-corrected chi connectivity index (χ1v) is 11.0. The van der Waals surface area contributed by atoms with E-state index in [9.17, 15) is 24.5 Å². The van der Waals surface area contributed by atoms with E-state index in [-0.39, 0.29) is 29.9 Å². The van der Waals surface area contributed by atoms with Gasteiger partial charge in [-0.05, 0) is 42.7 Å². The van der Waals surface area contributed by atoms with E-state index in [4.69, 9.17) is 14.2 Å². The van der Waals surface area contributed by atoms with E-state index in [2.05, 4.69) is 5.32 Å². The number of nitro groups is 1. The summed E-state index contributed by atoms with van der Waals surface area (Å²) in [4.78, 5) is 46.2. The summed E-state index contributed by atoms with van der Waals surface area (Å²) in [6, 6.07) is 11.3. The van der Waals surface area contributed by atoms with E-state index < -0.39 is 17.2 Å². The molecule has 10 nitrogen and oxygen atoms in total. The molecule has 0 saturated heterocycles. The summed E-state index contributed by atoms with van der Waals surface area (Å²) >= 11 is 0. The number of carbonyl (C=O) groups excluding carboxylic acids is 3. The molecule has 0 fully saturated rings. The molecule has 0 bridgehead atoms. The average molecular weight is 472 g/mol. The Morgan fingerprint density at radius 1 is 0.912 bits per heavy atom. The Morgan fingerprint density at radius 3 is 2.12 bits per heavy atom. The molecule has 182 valence electrons. The topological polar surface area (TPSA) is 134 Å². The van der Waals surface area contributed by atoms with Crippen LogP contribution in [-0.4, -0.2) is 29.5 Å². The largest absolute Gasteiger partial charge is 0.514 e. The molecule has 34 heavy (non-hydrogen) atoms. The van der Waals surface area contributed by atoms with Gasteiger partial charge in [-0.15, -0.1) is 0 Å². The van der Waals surface area contributed by atoms with Gasteiger partial charge < -0.3 is 19.5 Å². The van der Waals surface area contributed by atoms with Gasteiger partial charge in [0.15, 0.2) is 0 Å². The molecule has 1 N–H and O–H groups in total. The number of esters is 1. The Kier molecular flexibility index (Phi) is 10.5. The minimum Gasteiger partial charge on any atom is -0.427 e. The van der Waals surface area contributed by atoms with Gasteiger partial charge in [0.1, 0.15) is 17.6 Å². The van der Waals surface area contributed by atoms with Gasteiger partial charge in [0.2, 0.25) is 5.91 Å². The molecule has 0 aliphatic heterocycles. The number of ether oxygens (including phenoxy) is 3. The third-order valence-electron chi connectivity index (χ3n) is 4.67. The van der Waals surface area contributed by atoms with E-state index in [1.165, 1.54) is 24.3 Å². The molecule has 2 aromatic rings. The Bertz CT molecular complexity index is 973. The van der Waals surface area contributed by atoms with Crippen LogP contribution in [0.1, 0.15) is 57.6 Å². The maximum atomic E-state index is 12.3. The molecular weight excluding hydrogens is 444 g/mol. The van der Waals surface area contributed by atoms with E-state index in [1.54, 1.807) is 24.3 Å². The van der Waals surface area contributed by atoms with Gasteiger partial charge in [-0.2, -0.15) is 0 Å². The quantitative estimate of drug-likeness (QED) is 0.152. The summed E-state index contributed by atoms with van der Waals surface area (Å²) < 4.78 is 15.8. The number of carbonyl (C=O) groups is 3. The second kappa shape index (κ2) is 13.6. The number of non-ortho nitro benzene ring substituents is 1. The monoisotopic (exact) mass is 472 g/mol. The van der Waals surface area contributed by atoms with E-state index in [0.717, 1.165) is 12.8 Å². The fourth-order valence-corrected chi connectivity index (χ4v) is 2.88. The van der Waals surface area contributed by atoms with E-state index >= 15 is 0 Å². The number of rotatable bonds is 12. The number of nitro benzene ring substituents is 1. The molecule has 0 spiro atoms. The molecule has 0 aromatic heterocycles. The summed E-state index contributed by atoms with van der Waals surface area (Å²) in [5, 5.41) is 13.5. The van der Waals surface area contributed by atoms with Crippen molar-refractivity contribution in [2.24, 2.45) is 0 Å². The molecule has 0 radical (unpaired) electrons. The van der Waals surface area contributed by atoms with Crippen LogP contribution in [0.4, 0.5) is 10.5 Å². The number of benzene rings is 2. The maximum absolute atomic E-state index is 12.3. The molecule has 1 unspecified atom stereocenters. The van der Waals surface area contributed by atoms with Crippen LogP contribution in [0.3, 0.4) is 0 Å². The van der Waals surface area contributed by atoms with Crippen LogP contribution in [0, 0.1) is 10.1 Å². The number of nitrogens with one attached hydrogen (secondary N) is 1. The van der Waals surface area contributed by atoms with Gasteiger partial charge in [-0.1, -0.05) is 32.4 Å². The van der Waals surface area contributed by atoms with Gasteiger partial charge in [-0.3, -0.25) is 19.7 Å². The summed E-state index contributed by atoms with van der Waals surface area (Å²) in [6.07, 6.45) is 1.01. The third kappa shape index (κ3) is 8.89. The first-order valence-electron chi connectivity index (χ1n) is 11.0. The fraction of sp³-hybridized carbons (Fsp3) is 0.375. The zero-order chi connectivity index (χ0) is 24.9. The van der Waals surface area contributed by atoms with Crippen LogP contribution in [0.15, 0.2) is 48.5 Å². The van der Waals surface area contributed by atoms with Crippen LogP contribution < -0.4 is 14.8 Å². The van der Waals surface area contributed by atoms with Crippen LogP contribution >= 0.6 is 0 Å². The van der Waals surface area contributed by atoms with Crippen molar-refractivity contribution in [1.29, 1.82) is 0 Å². The summed E-state index contributed by atoms with van der Waals surface area (Å²) in [5.74, 6) is -0.104. The summed E-state index contributed by atoms with van der Waals surface area (Å²) in [5.41, 5.74) is 0.401. The van der Waals surface area contributed by atoms with Crippen LogP contribution in [-0.2, 0) is 14.3 Å². The van der Waals surface area contributed by atoms with Crippen molar-refractivity contribution in [3.63, 3.8) is 0 Å². The van der Waals surface area contributed by atoms with Gasteiger partial charge in [0.25, 0.3) is 5.69 Å². The highest BCUT2D eigenvalue weighted by atomic mass is 16.7. The van der Waals surface area contributed by atoms with E-state index in [1.807, 2.05) is 13.8 Å². The van der Waals surface area contributed by atoms with Gasteiger partial charge in [-0.25, -0.2) is 4.79 Å². The molecular formula is C24H28N2O8. The maximum Gasteiger partial charge on any atom is 0.514 e. The summed E-state index contributed by atoms with van der Waals surface area (Å²) in [7, 11) is 0. The lowest BCUT2D eigenvalue weighted by atomic mass is 10.1. The zero-order valence-corrected chi connectivity index (χ0v) is 19.2. The fourth-order valence-electron chi connectivity index (χ4n) is 2.88. The second-order valence-corrected chi connectivity index (χ2v) is 7.41. The van der Waals surface area contributed by atoms with Gasteiger partial charge in [0.05, 0.1) is 11.5 Å². The van der Waals surface area contributed by atoms with Crippen molar-refractivity contribution >= 4 is 23.7 Å². The van der Waals surface area contributed by atoms with Crippen LogP contribution in [0.2, 0.25) is 0 Å². The van der Waals surface area contributed by atoms with Crippen LogP contribution in [0.5, 0.6) is 11.5 Å². The Hall–Kier alpha value is -3.95. The summed E-state index contributed by atoms with van der Waals surface area (Å²) in [6.45, 7) is 3.85. The van der Waals surface area contributed by atoms with E-state index in [0.29, 0.717) is 30.6 Å². The molecule has 0 heterocycles. The highest BCUT2D eigenvalue weighted by molar-refractivity contribution is 5.76. The molecule has 1 amide bonds. The van der Waals surface area contributed by atoms with Crippen molar-refractivity contribution in [2.45, 2.75) is 52.1 Å². The normalized spacial score (nSPS) is 11.2. The lowest BCUT2D eigenvalue weighted by Gasteiger charge is -2.19. The van der Waals surface area contributed by atoms with Crippen molar-refractivity contribution in [1.82, 2.24) is 5.32 Å². The average Bonchev–Trinajstić information content (AvgIpc) is 2.81. The van der Waals surface area contributed by atoms with Crippen molar-refractivity contribution < 1.29 is 33.5 Å². The standard InChI is InChI=1S/C24H28N2O8/c1-3-5-7-23(28)32-19-12-8-17(9-13-19)21(16-25-22(27)6-4-2)34-24(29)33-20-14-10-18(11-15-20)26(30)31/h8-15,21H,3-7,16H2,1-2H3,(H,25,27). The van der Waals surface area contributed by atoms with Crippen molar-refractivity contribution in [3.05, 3.63) is 64.2 Å². The molecule has 1 atom stereocenters. The zero-order valence-electron chi connectivity index (χ0n) is 19.2.